The molecule has 3 heteroatoms. The van der Waals surface area contributed by atoms with Crippen LogP contribution in [0.15, 0.2) is 30.3 Å². The quantitative estimate of drug-likeness (QED) is 0.841. The molecule has 2 aromatic carbocycles. The van der Waals surface area contributed by atoms with Crippen molar-refractivity contribution in [2.24, 2.45) is 0 Å². The molecule has 2 nitrogen and oxygen atoms in total. The van der Waals surface area contributed by atoms with E-state index >= 15 is 0 Å². The molecule has 0 aliphatic heterocycles. The zero-order valence-electron chi connectivity index (χ0n) is 11.5. The van der Waals surface area contributed by atoms with E-state index in [1.807, 2.05) is 32.0 Å². The van der Waals surface area contributed by atoms with Gasteiger partial charge >= 0.3 is 0 Å². The summed E-state index contributed by atoms with van der Waals surface area (Å²) in [4.78, 5) is 0. The van der Waals surface area contributed by atoms with Gasteiger partial charge in [-0.2, -0.15) is 0 Å². The SMILES string of the molecule is Cc1cc(C)c(OCc2c(N)cccc2Cl)c(C)c1. The molecule has 0 heterocycles. The molecule has 0 spiro atoms. The van der Waals surface area contributed by atoms with Crippen LogP contribution in [0.3, 0.4) is 0 Å². The lowest BCUT2D eigenvalue weighted by Gasteiger charge is -2.15. The normalized spacial score (nSPS) is 10.5. The monoisotopic (exact) mass is 275 g/mol. The van der Waals surface area contributed by atoms with E-state index in [-0.39, 0.29) is 0 Å². The number of rotatable bonds is 3. The van der Waals surface area contributed by atoms with Crippen LogP contribution >= 0.6 is 11.6 Å². The van der Waals surface area contributed by atoms with Crippen LogP contribution in [-0.4, -0.2) is 0 Å². The minimum absolute atomic E-state index is 0.385. The molecule has 100 valence electrons. The van der Waals surface area contributed by atoms with Crippen molar-refractivity contribution in [3.63, 3.8) is 0 Å². The van der Waals surface area contributed by atoms with Crippen molar-refractivity contribution in [1.82, 2.24) is 0 Å². The van der Waals surface area contributed by atoms with Crippen LogP contribution in [0.25, 0.3) is 0 Å². The van der Waals surface area contributed by atoms with Gasteiger partial charge in [0.2, 0.25) is 0 Å². The highest BCUT2D eigenvalue weighted by Gasteiger charge is 2.09. The molecule has 0 aliphatic carbocycles. The molecule has 19 heavy (non-hydrogen) atoms. The van der Waals surface area contributed by atoms with Gasteiger partial charge in [-0.1, -0.05) is 35.4 Å². The zero-order chi connectivity index (χ0) is 14.0. The number of anilines is 1. The van der Waals surface area contributed by atoms with Gasteiger partial charge < -0.3 is 10.5 Å². The van der Waals surface area contributed by atoms with Crippen LogP contribution in [0.5, 0.6) is 5.75 Å². The molecule has 2 N–H and O–H groups in total. The fourth-order valence-corrected chi connectivity index (χ4v) is 2.50. The highest BCUT2D eigenvalue weighted by atomic mass is 35.5. The smallest absolute Gasteiger partial charge is 0.125 e. The topological polar surface area (TPSA) is 35.2 Å². The molecule has 0 radical (unpaired) electrons. The van der Waals surface area contributed by atoms with Gasteiger partial charge in [0.25, 0.3) is 0 Å². The number of ether oxygens (including phenoxy) is 1. The Morgan fingerprint density at radius 3 is 2.32 bits per heavy atom. The minimum Gasteiger partial charge on any atom is -0.488 e. The molecule has 0 saturated carbocycles. The van der Waals surface area contributed by atoms with Crippen molar-refractivity contribution in [1.29, 1.82) is 0 Å². The predicted molar refractivity (Wildman–Crippen MR) is 80.8 cm³/mol. The third-order valence-corrected chi connectivity index (χ3v) is 3.47. The first-order valence-electron chi connectivity index (χ1n) is 6.22. The maximum absolute atomic E-state index is 6.14. The lowest BCUT2D eigenvalue weighted by atomic mass is 10.1. The Kier molecular flexibility index (Phi) is 4.01. The maximum Gasteiger partial charge on any atom is 0.125 e. The molecule has 0 unspecified atom stereocenters. The Labute approximate surface area is 119 Å². The highest BCUT2D eigenvalue weighted by molar-refractivity contribution is 6.31. The van der Waals surface area contributed by atoms with Gasteiger partial charge in [-0.25, -0.2) is 0 Å². The van der Waals surface area contributed by atoms with Crippen molar-refractivity contribution in [3.05, 3.63) is 57.6 Å². The van der Waals surface area contributed by atoms with E-state index in [0.717, 1.165) is 22.4 Å². The standard InChI is InChI=1S/C16H18ClNO/c1-10-7-11(2)16(12(3)8-10)19-9-13-14(17)5-4-6-15(13)18/h4-8H,9,18H2,1-3H3. The lowest BCUT2D eigenvalue weighted by Crippen LogP contribution is -2.03. The van der Waals surface area contributed by atoms with E-state index in [1.54, 1.807) is 0 Å². The summed E-state index contributed by atoms with van der Waals surface area (Å²) in [6, 6.07) is 9.71. The van der Waals surface area contributed by atoms with Crippen molar-refractivity contribution in [3.8, 4) is 5.75 Å². The van der Waals surface area contributed by atoms with Crippen molar-refractivity contribution >= 4 is 17.3 Å². The van der Waals surface area contributed by atoms with Crippen molar-refractivity contribution in [2.45, 2.75) is 27.4 Å². The molecule has 0 fully saturated rings. The van der Waals surface area contributed by atoms with Crippen LogP contribution in [0.1, 0.15) is 22.3 Å². The number of hydrogen-bond donors (Lipinski definition) is 1. The summed E-state index contributed by atoms with van der Waals surface area (Å²) >= 11 is 6.14. The van der Waals surface area contributed by atoms with Gasteiger partial charge in [-0.3, -0.25) is 0 Å². The minimum atomic E-state index is 0.385. The summed E-state index contributed by atoms with van der Waals surface area (Å²) in [7, 11) is 0. The van der Waals surface area contributed by atoms with Crippen LogP contribution in [-0.2, 0) is 6.61 Å². The van der Waals surface area contributed by atoms with E-state index in [0.29, 0.717) is 17.3 Å². The zero-order valence-corrected chi connectivity index (χ0v) is 12.2. The van der Waals surface area contributed by atoms with Crippen LogP contribution < -0.4 is 10.5 Å². The average Bonchev–Trinajstić information content (AvgIpc) is 2.31. The van der Waals surface area contributed by atoms with Crippen molar-refractivity contribution < 1.29 is 4.74 Å². The van der Waals surface area contributed by atoms with E-state index < -0.39 is 0 Å². The molecule has 0 saturated heterocycles. The molecule has 0 aliphatic rings. The van der Waals surface area contributed by atoms with E-state index in [2.05, 4.69) is 19.1 Å². The molecule has 0 bridgehead atoms. The molecule has 2 rings (SSSR count). The second kappa shape index (κ2) is 5.54. The third kappa shape index (κ3) is 3.02. The van der Waals surface area contributed by atoms with Gasteiger partial charge in [-0.05, 0) is 44.0 Å². The Bertz CT molecular complexity index is 564. The van der Waals surface area contributed by atoms with E-state index in [1.165, 1.54) is 5.56 Å². The lowest BCUT2D eigenvalue weighted by molar-refractivity contribution is 0.302. The summed E-state index contributed by atoms with van der Waals surface area (Å²) < 4.78 is 5.91. The fourth-order valence-electron chi connectivity index (χ4n) is 2.27. The molecular formula is C16H18ClNO. The molecule has 0 atom stereocenters. The summed E-state index contributed by atoms with van der Waals surface area (Å²) in [5.74, 6) is 0.907. The number of benzene rings is 2. The average molecular weight is 276 g/mol. The van der Waals surface area contributed by atoms with Gasteiger partial charge in [0.15, 0.2) is 0 Å². The second-order valence-electron chi connectivity index (χ2n) is 4.82. The fraction of sp³-hybridized carbons (Fsp3) is 0.250. The van der Waals surface area contributed by atoms with Gasteiger partial charge in [-0.15, -0.1) is 0 Å². The Morgan fingerprint density at radius 2 is 1.74 bits per heavy atom. The van der Waals surface area contributed by atoms with Crippen LogP contribution in [0.2, 0.25) is 5.02 Å². The number of aryl methyl sites for hydroxylation is 3. The van der Waals surface area contributed by atoms with E-state index in [4.69, 9.17) is 22.1 Å². The summed E-state index contributed by atoms with van der Waals surface area (Å²) in [6.07, 6.45) is 0. The summed E-state index contributed by atoms with van der Waals surface area (Å²) in [6.45, 7) is 6.56. The number of halogens is 1. The first kappa shape index (κ1) is 13.8. The predicted octanol–water partition coefficient (Wildman–Crippen LogP) is 4.43. The highest BCUT2D eigenvalue weighted by Crippen LogP contribution is 2.28. The number of nitrogen functional groups attached to an aromatic ring is 1. The summed E-state index contributed by atoms with van der Waals surface area (Å²) in [5, 5.41) is 0.641. The Hall–Kier alpha value is -1.67. The number of nitrogens with two attached hydrogens (primary N) is 1. The van der Waals surface area contributed by atoms with Crippen molar-refractivity contribution in [2.75, 3.05) is 5.73 Å². The molecule has 0 amide bonds. The molecule has 2 aromatic rings. The van der Waals surface area contributed by atoms with Crippen LogP contribution in [0.4, 0.5) is 5.69 Å². The number of hydrogen-bond acceptors (Lipinski definition) is 2. The molecule has 0 aromatic heterocycles. The van der Waals surface area contributed by atoms with Gasteiger partial charge in [0, 0.05) is 16.3 Å². The Morgan fingerprint density at radius 1 is 1.11 bits per heavy atom. The maximum atomic E-state index is 6.14. The first-order chi connectivity index (χ1) is 8.99. The van der Waals surface area contributed by atoms with Crippen LogP contribution in [0, 0.1) is 20.8 Å². The summed E-state index contributed by atoms with van der Waals surface area (Å²) in [5.41, 5.74) is 10.9. The largest absolute Gasteiger partial charge is 0.488 e. The second-order valence-corrected chi connectivity index (χ2v) is 5.23. The van der Waals surface area contributed by atoms with E-state index in [9.17, 15) is 0 Å². The Balaban J connectivity index is 2.24. The first-order valence-corrected chi connectivity index (χ1v) is 6.60. The molecular weight excluding hydrogens is 258 g/mol. The van der Waals surface area contributed by atoms with Gasteiger partial charge in [0.05, 0.1) is 0 Å². The van der Waals surface area contributed by atoms with Gasteiger partial charge in [0.1, 0.15) is 12.4 Å². The third-order valence-electron chi connectivity index (χ3n) is 3.12.